The molecule has 1 heterocycles. The van der Waals surface area contributed by atoms with E-state index in [9.17, 15) is 26.3 Å². The summed E-state index contributed by atoms with van der Waals surface area (Å²) in [6.45, 7) is 0. The molecule has 1 aromatic heterocycles. The molecule has 3 N–H and O–H groups in total. The second-order valence-corrected chi connectivity index (χ2v) is 3.84. The molecule has 110 valence electrons. The summed E-state index contributed by atoms with van der Waals surface area (Å²) in [6.07, 6.45) is -10.6. The number of nitrogens with zero attached hydrogens (tertiary/aromatic N) is 3. The zero-order valence-corrected chi connectivity index (χ0v) is 9.63. The second kappa shape index (κ2) is 5.33. The highest BCUT2D eigenvalue weighted by molar-refractivity contribution is 4.95. The third-order valence-corrected chi connectivity index (χ3v) is 2.53. The molecule has 19 heavy (non-hydrogen) atoms. The topological polar surface area (TPSA) is 68.8 Å². The van der Waals surface area contributed by atoms with Gasteiger partial charge in [0.15, 0.2) is 5.92 Å². The standard InChI is InChI=1S/C8H11F6N5/c1-19-5(16-3-17-19)2-4(18-15)6(7(9,10)11)8(12,13)14/h3-4,6,18H,2,15H2,1H3. The van der Waals surface area contributed by atoms with Gasteiger partial charge in [-0.05, 0) is 0 Å². The van der Waals surface area contributed by atoms with Gasteiger partial charge in [0.1, 0.15) is 12.2 Å². The first-order chi connectivity index (χ1) is 8.57. The number of aromatic nitrogens is 3. The minimum absolute atomic E-state index is 0.0403. The lowest BCUT2D eigenvalue weighted by Crippen LogP contribution is -2.54. The van der Waals surface area contributed by atoms with Gasteiger partial charge in [0.25, 0.3) is 0 Å². The summed E-state index contributed by atoms with van der Waals surface area (Å²) in [7, 11) is 1.35. The maximum atomic E-state index is 12.5. The fraction of sp³-hybridized carbons (Fsp3) is 0.750. The van der Waals surface area contributed by atoms with Crippen LogP contribution >= 0.6 is 0 Å². The van der Waals surface area contributed by atoms with Crippen molar-refractivity contribution in [2.45, 2.75) is 24.8 Å². The summed E-state index contributed by atoms with van der Waals surface area (Å²) in [5.41, 5.74) is 1.56. The molecular weight excluding hydrogens is 280 g/mol. The number of nitrogens with one attached hydrogen (secondary N) is 1. The van der Waals surface area contributed by atoms with Crippen molar-refractivity contribution in [1.29, 1.82) is 0 Å². The molecule has 0 amide bonds. The summed E-state index contributed by atoms with van der Waals surface area (Å²) in [4.78, 5) is 3.57. The minimum atomic E-state index is -5.46. The van der Waals surface area contributed by atoms with Crippen molar-refractivity contribution >= 4 is 0 Å². The van der Waals surface area contributed by atoms with Gasteiger partial charge >= 0.3 is 12.4 Å². The van der Waals surface area contributed by atoms with Crippen LogP contribution in [0.4, 0.5) is 26.3 Å². The summed E-state index contributed by atoms with van der Waals surface area (Å²) < 4.78 is 76.2. The Bertz CT molecular complexity index is 396. The first kappa shape index (κ1) is 15.7. The van der Waals surface area contributed by atoms with Crippen LogP contribution in [0.15, 0.2) is 6.33 Å². The normalized spacial score (nSPS) is 15.0. The van der Waals surface area contributed by atoms with Gasteiger partial charge in [-0.2, -0.15) is 31.4 Å². The van der Waals surface area contributed by atoms with Crippen LogP contribution in [0.5, 0.6) is 0 Å². The van der Waals surface area contributed by atoms with Crippen LogP contribution in [0.2, 0.25) is 0 Å². The average Bonchev–Trinajstić information content (AvgIpc) is 2.59. The van der Waals surface area contributed by atoms with Crippen molar-refractivity contribution in [1.82, 2.24) is 20.2 Å². The highest BCUT2D eigenvalue weighted by Crippen LogP contribution is 2.41. The molecule has 0 spiro atoms. The van der Waals surface area contributed by atoms with Crippen molar-refractivity contribution in [2.24, 2.45) is 18.8 Å². The van der Waals surface area contributed by atoms with Crippen molar-refractivity contribution in [2.75, 3.05) is 0 Å². The van der Waals surface area contributed by atoms with Crippen LogP contribution in [0.3, 0.4) is 0 Å². The molecule has 1 aromatic rings. The van der Waals surface area contributed by atoms with Crippen LogP contribution < -0.4 is 11.3 Å². The maximum Gasteiger partial charge on any atom is 0.402 e. The highest BCUT2D eigenvalue weighted by atomic mass is 19.4. The van der Waals surface area contributed by atoms with Gasteiger partial charge < -0.3 is 0 Å². The molecule has 1 unspecified atom stereocenters. The van der Waals surface area contributed by atoms with Gasteiger partial charge in [-0.25, -0.2) is 4.98 Å². The zero-order chi connectivity index (χ0) is 14.8. The number of alkyl halides is 6. The third kappa shape index (κ3) is 3.80. The van der Waals surface area contributed by atoms with Gasteiger partial charge in [0.2, 0.25) is 0 Å². The van der Waals surface area contributed by atoms with Crippen molar-refractivity contribution < 1.29 is 26.3 Å². The predicted octanol–water partition coefficient (Wildman–Crippen LogP) is 0.930. The molecule has 0 radical (unpaired) electrons. The van der Waals surface area contributed by atoms with E-state index in [-0.39, 0.29) is 5.82 Å². The van der Waals surface area contributed by atoms with E-state index in [2.05, 4.69) is 10.1 Å². The Morgan fingerprint density at radius 2 is 1.79 bits per heavy atom. The first-order valence-corrected chi connectivity index (χ1v) is 4.99. The Morgan fingerprint density at radius 3 is 2.11 bits per heavy atom. The number of aryl methyl sites for hydroxylation is 1. The molecule has 0 saturated carbocycles. The fourth-order valence-corrected chi connectivity index (χ4v) is 1.62. The summed E-state index contributed by atoms with van der Waals surface area (Å²) in [5.74, 6) is 1.20. The lowest BCUT2D eigenvalue weighted by molar-refractivity contribution is -0.291. The Balaban J connectivity index is 3.01. The second-order valence-electron chi connectivity index (χ2n) is 3.84. The Hall–Kier alpha value is -1.36. The number of rotatable bonds is 4. The lowest BCUT2D eigenvalue weighted by Gasteiger charge is -2.29. The van der Waals surface area contributed by atoms with Gasteiger partial charge in [0.05, 0.1) is 0 Å². The summed E-state index contributed by atoms with van der Waals surface area (Å²) in [6, 6.07) is -2.08. The molecule has 1 rings (SSSR count). The fourth-order valence-electron chi connectivity index (χ4n) is 1.62. The predicted molar refractivity (Wildman–Crippen MR) is 51.4 cm³/mol. The van der Waals surface area contributed by atoms with E-state index in [1.807, 2.05) is 0 Å². The smallest absolute Gasteiger partial charge is 0.271 e. The van der Waals surface area contributed by atoms with E-state index in [1.54, 1.807) is 5.43 Å². The van der Waals surface area contributed by atoms with Crippen LogP contribution in [0.25, 0.3) is 0 Å². The molecule has 0 aliphatic rings. The molecule has 0 bridgehead atoms. The van der Waals surface area contributed by atoms with Gasteiger partial charge in [-0.3, -0.25) is 16.0 Å². The van der Waals surface area contributed by atoms with Gasteiger partial charge in [0, 0.05) is 19.5 Å². The van der Waals surface area contributed by atoms with Crippen LogP contribution in [-0.4, -0.2) is 33.2 Å². The van der Waals surface area contributed by atoms with E-state index >= 15 is 0 Å². The van der Waals surface area contributed by atoms with E-state index in [1.165, 1.54) is 7.05 Å². The number of hydrazine groups is 1. The molecule has 0 aliphatic heterocycles. The SMILES string of the molecule is Cn1ncnc1CC(NN)C(C(F)(F)F)C(F)(F)F. The van der Waals surface area contributed by atoms with Crippen molar-refractivity contribution in [3.05, 3.63) is 12.2 Å². The number of hydrogen-bond donors (Lipinski definition) is 2. The number of halogens is 6. The molecule has 11 heteroatoms. The minimum Gasteiger partial charge on any atom is -0.271 e. The highest BCUT2D eigenvalue weighted by Gasteiger charge is 2.60. The largest absolute Gasteiger partial charge is 0.402 e. The monoisotopic (exact) mass is 291 g/mol. The summed E-state index contributed by atoms with van der Waals surface area (Å²) >= 11 is 0. The Kier molecular flexibility index (Phi) is 4.40. The van der Waals surface area contributed by atoms with E-state index in [4.69, 9.17) is 5.84 Å². The maximum absolute atomic E-state index is 12.5. The van der Waals surface area contributed by atoms with E-state index in [0.717, 1.165) is 11.0 Å². The van der Waals surface area contributed by atoms with Crippen LogP contribution in [-0.2, 0) is 13.5 Å². The Morgan fingerprint density at radius 1 is 1.26 bits per heavy atom. The zero-order valence-electron chi connectivity index (χ0n) is 9.63. The van der Waals surface area contributed by atoms with Crippen molar-refractivity contribution in [3.63, 3.8) is 0 Å². The van der Waals surface area contributed by atoms with Gasteiger partial charge in [-0.1, -0.05) is 0 Å². The molecule has 0 aliphatic carbocycles. The van der Waals surface area contributed by atoms with Crippen LogP contribution in [0.1, 0.15) is 5.82 Å². The quantitative estimate of drug-likeness (QED) is 0.492. The van der Waals surface area contributed by atoms with Crippen molar-refractivity contribution in [3.8, 4) is 0 Å². The molecular formula is C8H11F6N5. The van der Waals surface area contributed by atoms with E-state index < -0.39 is 30.7 Å². The molecule has 1 atom stereocenters. The van der Waals surface area contributed by atoms with E-state index in [0.29, 0.717) is 0 Å². The van der Waals surface area contributed by atoms with Crippen LogP contribution in [0, 0.1) is 5.92 Å². The average molecular weight is 291 g/mol. The first-order valence-electron chi connectivity index (χ1n) is 4.99. The molecule has 5 nitrogen and oxygen atoms in total. The molecule has 0 fully saturated rings. The number of nitrogens with two attached hydrogens (primary N) is 1. The Labute approximate surface area is 103 Å². The molecule has 0 aromatic carbocycles. The van der Waals surface area contributed by atoms with Gasteiger partial charge in [-0.15, -0.1) is 0 Å². The number of hydrogen-bond acceptors (Lipinski definition) is 4. The lowest BCUT2D eigenvalue weighted by atomic mass is 9.95. The molecule has 0 saturated heterocycles. The summed E-state index contributed by atoms with van der Waals surface area (Å²) in [5, 5.41) is 3.56. The third-order valence-electron chi connectivity index (χ3n) is 2.53.